The lowest BCUT2D eigenvalue weighted by molar-refractivity contribution is 1.04. The Kier molecular flexibility index (Phi) is 6.04. The lowest BCUT2D eigenvalue weighted by Crippen LogP contribution is -2.02. The fraction of sp³-hybridized carbons (Fsp3) is 0.0312. The first-order valence-electron chi connectivity index (χ1n) is 12.5. The minimum absolute atomic E-state index is 0.241. The predicted octanol–water partition coefficient (Wildman–Crippen LogP) is 8.44. The Morgan fingerprint density at radius 3 is 1.90 bits per heavy atom. The summed E-state index contributed by atoms with van der Waals surface area (Å²) in [5.41, 5.74) is 5.52. The highest BCUT2D eigenvalue weighted by Crippen LogP contribution is 2.38. The normalized spacial score (nSPS) is 13.4. The molecule has 6 aromatic rings. The zero-order chi connectivity index (χ0) is 26.2. The third kappa shape index (κ3) is 4.54. The van der Waals surface area contributed by atoms with Gasteiger partial charge in [0.25, 0.3) is 0 Å². The van der Waals surface area contributed by atoms with Gasteiger partial charge in [-0.1, -0.05) is 103 Å². The van der Waals surface area contributed by atoms with Crippen molar-refractivity contribution in [2.24, 2.45) is 0 Å². The maximum absolute atomic E-state index is 6.41. The molecule has 0 amide bonds. The fourth-order valence-electron chi connectivity index (χ4n) is 4.67. The monoisotopic (exact) mass is 541 g/mol. The second kappa shape index (κ2) is 9.98. The molecule has 39 heavy (non-hydrogen) atoms. The van der Waals surface area contributed by atoms with Crippen LogP contribution in [0.3, 0.4) is 0 Å². The summed E-state index contributed by atoms with van der Waals surface area (Å²) < 4.78 is 2.19. The highest BCUT2D eigenvalue weighted by atomic mass is 35.5. The average Bonchev–Trinajstić information content (AvgIpc) is 3.18. The molecule has 0 spiro atoms. The third-order valence-corrected chi connectivity index (χ3v) is 7.88. The van der Waals surface area contributed by atoms with Crippen molar-refractivity contribution in [3.05, 3.63) is 126 Å². The smallest absolute Gasteiger partial charge is 0.216 e. The Hall–Kier alpha value is -4.52. The minimum Gasteiger partial charge on any atom is -0.216 e. The Morgan fingerprint density at radius 2 is 1.18 bits per heavy atom. The van der Waals surface area contributed by atoms with Gasteiger partial charge < -0.3 is 0 Å². The molecule has 0 fully saturated rings. The number of allylic oxidation sites excluding steroid dienone is 6. The van der Waals surface area contributed by atoms with Gasteiger partial charge in [-0.15, -0.1) is 11.3 Å². The lowest BCUT2D eigenvalue weighted by atomic mass is 10.1. The van der Waals surface area contributed by atoms with Crippen LogP contribution in [0.5, 0.6) is 0 Å². The van der Waals surface area contributed by atoms with Crippen LogP contribution in [0.2, 0.25) is 5.28 Å². The molecular weight excluding hydrogens is 522 g/mol. The van der Waals surface area contributed by atoms with Crippen molar-refractivity contribution in [3.8, 4) is 22.8 Å². The van der Waals surface area contributed by atoms with E-state index in [1.54, 1.807) is 11.3 Å². The predicted molar refractivity (Wildman–Crippen MR) is 160 cm³/mol. The number of hydrogen-bond donors (Lipinski definition) is 0. The van der Waals surface area contributed by atoms with Crippen molar-refractivity contribution in [2.45, 2.75) is 6.42 Å². The number of nitrogens with zero attached hydrogens (tertiary/aromatic N) is 5. The highest BCUT2D eigenvalue weighted by Gasteiger charge is 2.17. The molecule has 3 aromatic carbocycles. The molecule has 0 N–H and O–H groups in total. The van der Waals surface area contributed by atoms with Crippen molar-refractivity contribution in [1.29, 1.82) is 0 Å². The molecule has 1 aliphatic rings. The Balaban J connectivity index is 1.31. The highest BCUT2D eigenvalue weighted by molar-refractivity contribution is 7.26. The van der Waals surface area contributed by atoms with E-state index in [4.69, 9.17) is 26.6 Å². The van der Waals surface area contributed by atoms with Crippen LogP contribution in [0.1, 0.15) is 17.9 Å². The number of thiophene rings is 1. The second-order valence-electron chi connectivity index (χ2n) is 9.04. The van der Waals surface area contributed by atoms with Crippen molar-refractivity contribution in [3.63, 3.8) is 0 Å². The third-order valence-electron chi connectivity index (χ3n) is 6.54. The molecule has 7 heteroatoms. The van der Waals surface area contributed by atoms with E-state index in [2.05, 4.69) is 40.3 Å². The SMILES string of the molecule is Clc1nc(C2=CCC=C(c3nc(-c4ccccc4)nc(-c4ccccc4)n3)C=C2)c2sc3ccccc3c2n1. The Bertz CT molecular complexity index is 1880. The van der Waals surface area contributed by atoms with Crippen molar-refractivity contribution in [1.82, 2.24) is 24.9 Å². The van der Waals surface area contributed by atoms with Crippen LogP contribution in [0.25, 0.3) is 54.2 Å². The fourth-order valence-corrected chi connectivity index (χ4v) is 5.99. The van der Waals surface area contributed by atoms with Crippen LogP contribution >= 0.6 is 22.9 Å². The number of benzene rings is 3. The molecule has 0 saturated carbocycles. The molecule has 3 heterocycles. The molecular formula is C32H20ClN5S. The molecule has 0 saturated heterocycles. The first kappa shape index (κ1) is 23.6. The molecule has 5 nitrogen and oxygen atoms in total. The summed E-state index contributed by atoms with van der Waals surface area (Å²) in [5, 5.41) is 1.33. The van der Waals surface area contributed by atoms with Crippen molar-refractivity contribution in [2.75, 3.05) is 0 Å². The van der Waals surface area contributed by atoms with E-state index in [0.717, 1.165) is 48.3 Å². The number of aromatic nitrogens is 5. The summed E-state index contributed by atoms with van der Waals surface area (Å²) in [7, 11) is 0. The average molecular weight is 542 g/mol. The van der Waals surface area contributed by atoms with Gasteiger partial charge in [-0.3, -0.25) is 0 Å². The van der Waals surface area contributed by atoms with Gasteiger partial charge in [-0.25, -0.2) is 24.9 Å². The quantitative estimate of drug-likeness (QED) is 0.209. The van der Waals surface area contributed by atoms with E-state index in [-0.39, 0.29) is 5.28 Å². The zero-order valence-electron chi connectivity index (χ0n) is 20.6. The molecule has 0 aliphatic heterocycles. The van der Waals surface area contributed by atoms with Crippen LogP contribution in [-0.4, -0.2) is 24.9 Å². The van der Waals surface area contributed by atoms with Crippen LogP contribution in [0.4, 0.5) is 0 Å². The summed E-state index contributed by atoms with van der Waals surface area (Å²) >= 11 is 8.09. The molecule has 0 bridgehead atoms. The minimum atomic E-state index is 0.241. The van der Waals surface area contributed by atoms with E-state index in [1.165, 1.54) is 0 Å². The van der Waals surface area contributed by atoms with Crippen LogP contribution in [0, 0.1) is 0 Å². The van der Waals surface area contributed by atoms with Gasteiger partial charge in [0.1, 0.15) is 0 Å². The Labute approximate surface area is 233 Å². The Morgan fingerprint density at radius 1 is 0.590 bits per heavy atom. The molecule has 0 atom stereocenters. The molecule has 3 aromatic heterocycles. The number of fused-ring (bicyclic) bond motifs is 3. The van der Waals surface area contributed by atoms with E-state index >= 15 is 0 Å². The summed E-state index contributed by atoms with van der Waals surface area (Å²) in [6.45, 7) is 0. The summed E-state index contributed by atoms with van der Waals surface area (Å²) in [6, 6.07) is 28.2. The first-order chi connectivity index (χ1) is 19.2. The van der Waals surface area contributed by atoms with E-state index in [9.17, 15) is 0 Å². The zero-order valence-corrected chi connectivity index (χ0v) is 22.2. The standard InChI is InChI=1S/C32H20ClN5S/c33-32-34-26(28-27(35-32)24-16-7-8-17-25(24)39-28)20-14-9-15-23(19-18-20)31-37-29(21-10-3-1-4-11-21)36-30(38-31)22-12-5-2-6-13-22/h1-8,10-19H,9H2. The first-order valence-corrected chi connectivity index (χ1v) is 13.7. The number of halogens is 1. The van der Waals surface area contributed by atoms with Crippen LogP contribution < -0.4 is 0 Å². The van der Waals surface area contributed by atoms with Crippen molar-refractivity contribution >= 4 is 54.4 Å². The molecule has 0 radical (unpaired) electrons. The van der Waals surface area contributed by atoms with E-state index < -0.39 is 0 Å². The van der Waals surface area contributed by atoms with Crippen molar-refractivity contribution < 1.29 is 0 Å². The van der Waals surface area contributed by atoms with Gasteiger partial charge in [-0.05, 0) is 29.7 Å². The van der Waals surface area contributed by atoms with Crippen LogP contribution in [0.15, 0.2) is 109 Å². The van der Waals surface area contributed by atoms with Gasteiger partial charge >= 0.3 is 0 Å². The molecule has 0 unspecified atom stereocenters. The summed E-state index contributed by atoms with van der Waals surface area (Å²) in [5.74, 6) is 1.91. The van der Waals surface area contributed by atoms with Gasteiger partial charge in [0, 0.05) is 26.8 Å². The number of rotatable bonds is 4. The molecule has 1 aliphatic carbocycles. The van der Waals surface area contributed by atoms with Gasteiger partial charge in [-0.2, -0.15) is 0 Å². The van der Waals surface area contributed by atoms with Gasteiger partial charge in [0.15, 0.2) is 17.5 Å². The molecule has 7 rings (SSSR count). The van der Waals surface area contributed by atoms with E-state index in [1.807, 2.05) is 78.9 Å². The summed E-state index contributed by atoms with van der Waals surface area (Å²) in [4.78, 5) is 23.8. The largest absolute Gasteiger partial charge is 0.223 e. The number of hydrogen-bond acceptors (Lipinski definition) is 6. The molecule has 186 valence electrons. The lowest BCUT2D eigenvalue weighted by Gasteiger charge is -2.08. The maximum atomic E-state index is 6.41. The summed E-state index contributed by atoms with van der Waals surface area (Å²) in [6.07, 6.45) is 9.10. The second-order valence-corrected chi connectivity index (χ2v) is 10.4. The van der Waals surface area contributed by atoms with Gasteiger partial charge in [0.2, 0.25) is 5.28 Å². The van der Waals surface area contributed by atoms with E-state index in [0.29, 0.717) is 23.9 Å². The van der Waals surface area contributed by atoms with Gasteiger partial charge in [0.05, 0.1) is 15.9 Å². The van der Waals surface area contributed by atoms with Crippen LogP contribution in [-0.2, 0) is 0 Å². The maximum Gasteiger partial charge on any atom is 0.223 e. The topological polar surface area (TPSA) is 64.5 Å².